The summed E-state index contributed by atoms with van der Waals surface area (Å²) in [7, 11) is -3.57. The monoisotopic (exact) mass is 543 g/mol. The molecule has 0 saturated carbocycles. The first-order chi connectivity index (χ1) is 17.8. The Labute approximate surface area is 221 Å². The average molecular weight is 544 g/mol. The number of hydrogen-bond acceptors (Lipinski definition) is 7. The highest BCUT2D eigenvalue weighted by Crippen LogP contribution is 2.36. The topological polar surface area (TPSA) is 103 Å². The molecule has 0 radical (unpaired) electrons. The lowest BCUT2D eigenvalue weighted by Crippen LogP contribution is -2.40. The van der Waals surface area contributed by atoms with Crippen LogP contribution in [0.4, 0.5) is 17.2 Å². The van der Waals surface area contributed by atoms with Crippen LogP contribution in [0.3, 0.4) is 0 Å². The van der Waals surface area contributed by atoms with Gasteiger partial charge in [-0.2, -0.15) is 0 Å². The van der Waals surface area contributed by atoms with Crippen LogP contribution in [0.2, 0.25) is 5.02 Å². The molecule has 1 N–H and O–H groups in total. The van der Waals surface area contributed by atoms with Gasteiger partial charge in [-0.05, 0) is 50.3 Å². The highest BCUT2D eigenvalue weighted by atomic mass is 35.5. The first-order valence-corrected chi connectivity index (χ1v) is 15.0. The van der Waals surface area contributed by atoms with Crippen LogP contribution >= 0.6 is 11.6 Å². The van der Waals surface area contributed by atoms with E-state index in [1.165, 1.54) is 18.6 Å². The third kappa shape index (κ3) is 4.70. The Balaban J connectivity index is 1.38. The molecule has 0 spiro atoms. The Bertz CT molecular complexity index is 1470. The molecule has 3 aliphatic rings. The van der Waals surface area contributed by atoms with E-state index < -0.39 is 10.0 Å². The quantitative estimate of drug-likeness (QED) is 0.507. The van der Waals surface area contributed by atoms with Gasteiger partial charge in [-0.25, -0.2) is 17.9 Å². The van der Waals surface area contributed by atoms with Crippen molar-refractivity contribution in [1.29, 1.82) is 0 Å². The van der Waals surface area contributed by atoms with Gasteiger partial charge in [-0.3, -0.25) is 9.52 Å². The Morgan fingerprint density at radius 2 is 1.78 bits per heavy atom. The number of hydrogen-bond donors (Lipinski definition) is 1. The largest absolute Gasteiger partial charge is 0.368 e. The van der Waals surface area contributed by atoms with Crippen molar-refractivity contribution in [3.63, 3.8) is 0 Å². The third-order valence-corrected chi connectivity index (χ3v) is 8.23. The Hall–Kier alpha value is -3.05. The number of sulfonamides is 1. The molecule has 3 fully saturated rings. The molecule has 12 heteroatoms. The van der Waals surface area contributed by atoms with Crippen molar-refractivity contribution in [2.75, 3.05) is 53.5 Å². The number of amides is 1. The van der Waals surface area contributed by atoms with E-state index in [0.29, 0.717) is 11.6 Å². The number of carbonyl (C=O) groups is 1. The number of likely N-dealkylation sites (tertiary alicyclic amines) is 1. The average Bonchev–Trinajstić information content (AvgIpc) is 3.21. The maximum absolute atomic E-state index is 13.8. The third-order valence-electron chi connectivity index (χ3n) is 7.40. The van der Waals surface area contributed by atoms with Gasteiger partial charge >= 0.3 is 0 Å². The lowest BCUT2D eigenvalue weighted by molar-refractivity contribution is 0.0608. The van der Waals surface area contributed by atoms with Crippen molar-refractivity contribution in [3.8, 4) is 0 Å². The summed E-state index contributed by atoms with van der Waals surface area (Å²) in [5.74, 6) is 0.684. The van der Waals surface area contributed by atoms with Crippen molar-refractivity contribution in [2.45, 2.75) is 38.1 Å². The molecule has 0 unspecified atom stereocenters. The highest BCUT2D eigenvalue weighted by molar-refractivity contribution is 7.92. The van der Waals surface area contributed by atoms with Crippen molar-refractivity contribution in [2.24, 2.45) is 0 Å². The van der Waals surface area contributed by atoms with Gasteiger partial charge in [0.25, 0.3) is 5.91 Å². The minimum Gasteiger partial charge on any atom is -0.368 e. The van der Waals surface area contributed by atoms with Crippen LogP contribution < -0.4 is 14.5 Å². The molecular formula is C25H30ClN7O3S. The number of fused-ring (bicyclic) bond motifs is 1. The molecule has 0 aliphatic carbocycles. The van der Waals surface area contributed by atoms with E-state index in [2.05, 4.69) is 20.6 Å². The predicted octanol–water partition coefficient (Wildman–Crippen LogP) is 3.54. The molecule has 3 aromatic rings. The summed E-state index contributed by atoms with van der Waals surface area (Å²) in [6, 6.07) is 6.52. The van der Waals surface area contributed by atoms with Gasteiger partial charge in [0.2, 0.25) is 10.0 Å². The number of imidazole rings is 1. The van der Waals surface area contributed by atoms with Crippen LogP contribution in [0, 0.1) is 0 Å². The zero-order valence-corrected chi connectivity index (χ0v) is 22.3. The summed E-state index contributed by atoms with van der Waals surface area (Å²) in [6.07, 6.45) is 7.95. The number of halogens is 1. The lowest BCUT2D eigenvalue weighted by atomic mass is 9.98. The van der Waals surface area contributed by atoms with Gasteiger partial charge in [0.05, 0.1) is 41.1 Å². The molecule has 5 heterocycles. The van der Waals surface area contributed by atoms with E-state index in [1.54, 1.807) is 11.0 Å². The lowest BCUT2D eigenvalue weighted by Gasteiger charge is -2.36. The first-order valence-electron chi connectivity index (χ1n) is 12.8. The second-order valence-electron chi connectivity index (χ2n) is 10.1. The fraction of sp³-hybridized carbons (Fsp3) is 0.480. The van der Waals surface area contributed by atoms with Gasteiger partial charge in [-0.15, -0.1) is 5.10 Å². The molecule has 3 saturated heterocycles. The predicted molar refractivity (Wildman–Crippen MR) is 144 cm³/mol. The molecule has 6 rings (SSSR count). The molecule has 196 valence electrons. The Morgan fingerprint density at radius 1 is 1.03 bits per heavy atom. The number of anilines is 3. The number of piperidine rings is 1. The zero-order valence-electron chi connectivity index (χ0n) is 20.7. The number of nitrogens with zero attached hydrogens (tertiary/aromatic N) is 6. The SMILES string of the molecule is CS(=O)(=O)Nc1ccc(Cl)cc1C(=O)N1CCCC[C@H]1c1cn2nc(N3CCC3)cc(N3CCC3)c2n1. The molecule has 1 atom stereocenters. The Kier molecular flexibility index (Phi) is 6.15. The van der Waals surface area contributed by atoms with E-state index in [1.807, 2.05) is 10.7 Å². The normalized spacial score (nSPS) is 20.1. The number of nitrogens with one attached hydrogen (secondary N) is 1. The van der Waals surface area contributed by atoms with Crippen LogP contribution in [-0.2, 0) is 10.0 Å². The summed E-state index contributed by atoms with van der Waals surface area (Å²) >= 11 is 6.22. The van der Waals surface area contributed by atoms with Gasteiger partial charge < -0.3 is 14.7 Å². The van der Waals surface area contributed by atoms with Crippen LogP contribution in [0.15, 0.2) is 30.5 Å². The highest BCUT2D eigenvalue weighted by Gasteiger charge is 2.33. The van der Waals surface area contributed by atoms with Gasteiger partial charge in [0, 0.05) is 43.8 Å². The van der Waals surface area contributed by atoms with Gasteiger partial charge in [0.15, 0.2) is 11.5 Å². The van der Waals surface area contributed by atoms with Crippen molar-refractivity contribution < 1.29 is 13.2 Å². The minimum atomic E-state index is -3.57. The smallest absolute Gasteiger partial charge is 0.256 e. The number of benzene rings is 1. The molecule has 37 heavy (non-hydrogen) atoms. The van der Waals surface area contributed by atoms with Crippen molar-refractivity contribution in [1.82, 2.24) is 19.5 Å². The second-order valence-corrected chi connectivity index (χ2v) is 12.3. The first kappa shape index (κ1) is 24.3. The maximum atomic E-state index is 13.8. The maximum Gasteiger partial charge on any atom is 0.256 e. The van der Waals surface area contributed by atoms with Crippen LogP contribution in [0.1, 0.15) is 54.2 Å². The van der Waals surface area contributed by atoms with Crippen LogP contribution in [0.25, 0.3) is 5.65 Å². The number of aromatic nitrogens is 3. The molecule has 3 aliphatic heterocycles. The standard InChI is InChI=1S/C25H30ClN7O3S/c1-37(35,36)29-19-8-7-17(26)14-18(19)25(34)32-13-3-2-6-21(32)20-16-33-24(27-20)22(30-9-4-10-30)15-23(28-33)31-11-5-12-31/h7-8,14-16,21,29H,2-6,9-13H2,1H3/t21-/m0/s1. The molecule has 1 aromatic carbocycles. The van der Waals surface area contributed by atoms with E-state index in [-0.39, 0.29) is 23.2 Å². The molecule has 2 aromatic heterocycles. The molecule has 10 nitrogen and oxygen atoms in total. The molecule has 1 amide bonds. The van der Waals surface area contributed by atoms with Crippen molar-refractivity contribution >= 4 is 50.4 Å². The van der Waals surface area contributed by atoms with Gasteiger partial charge in [0.1, 0.15) is 0 Å². The second kappa shape index (κ2) is 9.36. The fourth-order valence-corrected chi connectivity index (χ4v) is 5.98. The van der Waals surface area contributed by atoms with Crippen molar-refractivity contribution in [3.05, 3.63) is 46.7 Å². The Morgan fingerprint density at radius 3 is 2.46 bits per heavy atom. The zero-order chi connectivity index (χ0) is 25.7. The molecular weight excluding hydrogens is 514 g/mol. The van der Waals surface area contributed by atoms with Crippen LogP contribution in [-0.4, -0.2) is 72.8 Å². The number of rotatable bonds is 6. The summed E-state index contributed by atoms with van der Waals surface area (Å²) in [4.78, 5) is 25.3. The minimum absolute atomic E-state index is 0.220. The number of carbonyl (C=O) groups excluding carboxylic acids is 1. The van der Waals surface area contributed by atoms with E-state index in [4.69, 9.17) is 21.7 Å². The summed E-state index contributed by atoms with van der Waals surface area (Å²) < 4.78 is 28.2. The fourth-order valence-electron chi connectivity index (χ4n) is 5.24. The summed E-state index contributed by atoms with van der Waals surface area (Å²) in [6.45, 7) is 4.57. The van der Waals surface area contributed by atoms with Crippen LogP contribution in [0.5, 0.6) is 0 Å². The summed E-state index contributed by atoms with van der Waals surface area (Å²) in [5, 5.41) is 5.23. The van der Waals surface area contributed by atoms with E-state index in [0.717, 1.165) is 81.0 Å². The van der Waals surface area contributed by atoms with E-state index >= 15 is 0 Å². The molecule has 0 bridgehead atoms. The summed E-state index contributed by atoms with van der Waals surface area (Å²) in [5.41, 5.74) is 3.13. The van der Waals surface area contributed by atoms with Gasteiger partial charge in [-0.1, -0.05) is 11.6 Å². The van der Waals surface area contributed by atoms with E-state index in [9.17, 15) is 13.2 Å².